The van der Waals surface area contributed by atoms with Crippen LogP contribution in [0.25, 0.3) is 0 Å². The number of aryl methyl sites for hydroxylation is 2. The zero-order valence-corrected chi connectivity index (χ0v) is 19.7. The third-order valence-electron chi connectivity index (χ3n) is 6.16. The predicted octanol–water partition coefficient (Wildman–Crippen LogP) is 3.25. The fourth-order valence-electron chi connectivity index (χ4n) is 4.24. The van der Waals surface area contributed by atoms with Crippen molar-refractivity contribution in [1.82, 2.24) is 4.31 Å². The van der Waals surface area contributed by atoms with E-state index < -0.39 is 15.9 Å². The Morgan fingerprint density at radius 2 is 1.84 bits per heavy atom. The third-order valence-corrected chi connectivity index (χ3v) is 7.96. The summed E-state index contributed by atoms with van der Waals surface area (Å²) < 4.78 is 27.3. The van der Waals surface area contributed by atoms with E-state index in [0.717, 1.165) is 39.5 Å². The molecule has 1 unspecified atom stereocenters. The number of carbonyl (C=O) groups is 2. The van der Waals surface area contributed by atoms with Gasteiger partial charge in [0.15, 0.2) is 0 Å². The molecule has 170 valence electrons. The Labute approximate surface area is 189 Å². The standard InChI is InChI=1S/C24H29N3O4S/c1-15-5-9-21(16(2)11-15)25-23(28)14-26(4)32(30,31)20-8-10-22-19(13-20)12-17(3)27(22)24(29)18-6-7-18/h5,8-11,13,17-18H,6-7,12,14H2,1-4H3,(H,25,28). The minimum absolute atomic E-state index is 0.0114. The maximum absolute atomic E-state index is 13.1. The molecule has 2 aliphatic rings. The van der Waals surface area contributed by atoms with Gasteiger partial charge in [0.1, 0.15) is 0 Å². The van der Waals surface area contributed by atoms with E-state index in [1.165, 1.54) is 13.1 Å². The minimum Gasteiger partial charge on any atom is -0.325 e. The van der Waals surface area contributed by atoms with E-state index in [4.69, 9.17) is 0 Å². The molecule has 1 aliphatic carbocycles. The van der Waals surface area contributed by atoms with E-state index in [-0.39, 0.29) is 29.3 Å². The molecular formula is C24H29N3O4S. The van der Waals surface area contributed by atoms with Crippen LogP contribution >= 0.6 is 0 Å². The molecule has 1 atom stereocenters. The Morgan fingerprint density at radius 3 is 2.50 bits per heavy atom. The summed E-state index contributed by atoms with van der Waals surface area (Å²) >= 11 is 0. The van der Waals surface area contributed by atoms with Gasteiger partial charge in [-0.05, 0) is 75.4 Å². The fourth-order valence-corrected chi connectivity index (χ4v) is 5.42. The highest BCUT2D eigenvalue weighted by Crippen LogP contribution is 2.39. The Bertz CT molecular complexity index is 1190. The second-order valence-corrected chi connectivity index (χ2v) is 11.0. The first-order chi connectivity index (χ1) is 15.1. The van der Waals surface area contributed by atoms with Crippen LogP contribution in [-0.4, -0.2) is 44.2 Å². The number of nitrogens with one attached hydrogen (secondary N) is 1. The van der Waals surface area contributed by atoms with Crippen molar-refractivity contribution in [3.8, 4) is 0 Å². The van der Waals surface area contributed by atoms with Gasteiger partial charge in [-0.15, -0.1) is 0 Å². The number of anilines is 2. The average Bonchev–Trinajstić information content (AvgIpc) is 3.51. The van der Waals surface area contributed by atoms with Crippen molar-refractivity contribution in [3.05, 3.63) is 53.1 Å². The molecule has 8 heteroatoms. The molecule has 0 saturated heterocycles. The van der Waals surface area contributed by atoms with Crippen molar-refractivity contribution in [2.45, 2.75) is 51.0 Å². The van der Waals surface area contributed by atoms with Crippen LogP contribution in [0.2, 0.25) is 0 Å². The van der Waals surface area contributed by atoms with Gasteiger partial charge in [-0.2, -0.15) is 4.31 Å². The van der Waals surface area contributed by atoms with Crippen LogP contribution in [0.3, 0.4) is 0 Å². The number of nitrogens with zero attached hydrogens (tertiary/aromatic N) is 2. The summed E-state index contributed by atoms with van der Waals surface area (Å²) in [5, 5.41) is 2.78. The molecule has 2 amide bonds. The van der Waals surface area contributed by atoms with Crippen LogP contribution in [-0.2, 0) is 26.0 Å². The van der Waals surface area contributed by atoms with Crippen molar-refractivity contribution < 1.29 is 18.0 Å². The van der Waals surface area contributed by atoms with Gasteiger partial charge in [0.05, 0.1) is 11.4 Å². The van der Waals surface area contributed by atoms with Gasteiger partial charge in [-0.1, -0.05) is 17.7 Å². The third kappa shape index (κ3) is 4.29. The van der Waals surface area contributed by atoms with E-state index in [1.54, 1.807) is 12.1 Å². The molecule has 4 rings (SSSR count). The van der Waals surface area contributed by atoms with Crippen molar-refractivity contribution in [2.75, 3.05) is 23.8 Å². The highest BCUT2D eigenvalue weighted by Gasteiger charge is 2.40. The molecule has 0 aromatic heterocycles. The molecule has 0 bridgehead atoms. The predicted molar refractivity (Wildman–Crippen MR) is 124 cm³/mol. The number of hydrogen-bond donors (Lipinski definition) is 1. The molecule has 0 spiro atoms. The Hall–Kier alpha value is -2.71. The van der Waals surface area contributed by atoms with Crippen LogP contribution in [0, 0.1) is 19.8 Å². The number of carbonyl (C=O) groups excluding carboxylic acids is 2. The summed E-state index contributed by atoms with van der Waals surface area (Å²) in [6.07, 6.45) is 2.48. The number of sulfonamides is 1. The first kappa shape index (κ1) is 22.5. The van der Waals surface area contributed by atoms with Gasteiger partial charge < -0.3 is 10.2 Å². The summed E-state index contributed by atoms with van der Waals surface area (Å²) in [4.78, 5) is 27.1. The minimum atomic E-state index is -3.85. The van der Waals surface area contributed by atoms with Crippen LogP contribution < -0.4 is 10.2 Å². The van der Waals surface area contributed by atoms with Crippen molar-refractivity contribution in [3.63, 3.8) is 0 Å². The Balaban J connectivity index is 1.49. The lowest BCUT2D eigenvalue weighted by Crippen LogP contribution is -2.36. The average molecular weight is 456 g/mol. The normalized spacial score (nSPS) is 18.0. The van der Waals surface area contributed by atoms with E-state index in [2.05, 4.69) is 5.32 Å². The van der Waals surface area contributed by atoms with Gasteiger partial charge >= 0.3 is 0 Å². The summed E-state index contributed by atoms with van der Waals surface area (Å²) in [5.74, 6) is -0.167. The summed E-state index contributed by atoms with van der Waals surface area (Å²) in [5.41, 5.74) is 4.31. The summed E-state index contributed by atoms with van der Waals surface area (Å²) in [7, 11) is -2.46. The fraction of sp³-hybridized carbons (Fsp3) is 0.417. The molecule has 2 aromatic rings. The maximum atomic E-state index is 13.1. The number of hydrogen-bond acceptors (Lipinski definition) is 4. The van der Waals surface area contributed by atoms with E-state index >= 15 is 0 Å². The van der Waals surface area contributed by atoms with Gasteiger partial charge in [0.2, 0.25) is 21.8 Å². The van der Waals surface area contributed by atoms with Crippen LogP contribution in [0.4, 0.5) is 11.4 Å². The van der Waals surface area contributed by atoms with Gasteiger partial charge in [0, 0.05) is 30.4 Å². The number of fused-ring (bicyclic) bond motifs is 1. The van der Waals surface area contributed by atoms with E-state index in [0.29, 0.717) is 12.1 Å². The van der Waals surface area contributed by atoms with Crippen LogP contribution in [0.5, 0.6) is 0 Å². The van der Waals surface area contributed by atoms with E-state index in [9.17, 15) is 18.0 Å². The second-order valence-electron chi connectivity index (χ2n) is 8.95. The first-order valence-electron chi connectivity index (χ1n) is 10.9. The lowest BCUT2D eigenvalue weighted by molar-refractivity contribution is -0.120. The highest BCUT2D eigenvalue weighted by atomic mass is 32.2. The van der Waals surface area contributed by atoms with Crippen LogP contribution in [0.1, 0.15) is 36.5 Å². The molecule has 1 N–H and O–H groups in total. The van der Waals surface area contributed by atoms with Crippen molar-refractivity contribution >= 4 is 33.2 Å². The lowest BCUT2D eigenvalue weighted by atomic mass is 10.1. The molecule has 0 radical (unpaired) electrons. The van der Waals surface area contributed by atoms with E-state index in [1.807, 2.05) is 43.9 Å². The summed E-state index contributed by atoms with van der Waals surface area (Å²) in [6.45, 7) is 5.55. The van der Waals surface area contributed by atoms with Gasteiger partial charge in [-0.25, -0.2) is 8.42 Å². The number of amides is 2. The van der Waals surface area contributed by atoms with Crippen molar-refractivity contribution in [2.24, 2.45) is 5.92 Å². The smallest absolute Gasteiger partial charge is 0.243 e. The summed E-state index contributed by atoms with van der Waals surface area (Å²) in [6, 6.07) is 10.6. The van der Waals surface area contributed by atoms with Gasteiger partial charge in [0.25, 0.3) is 0 Å². The first-order valence-corrected chi connectivity index (χ1v) is 12.3. The molecule has 1 fully saturated rings. The lowest BCUT2D eigenvalue weighted by Gasteiger charge is -2.23. The molecule has 1 saturated carbocycles. The number of likely N-dealkylation sites (N-methyl/N-ethyl adjacent to an activating group) is 1. The molecule has 1 heterocycles. The number of rotatable bonds is 6. The largest absolute Gasteiger partial charge is 0.325 e. The quantitative estimate of drug-likeness (QED) is 0.724. The zero-order chi connectivity index (χ0) is 23.2. The SMILES string of the molecule is Cc1ccc(NC(=O)CN(C)S(=O)(=O)c2ccc3c(c2)CC(C)N3C(=O)C2CC2)c(C)c1. The van der Waals surface area contributed by atoms with Gasteiger partial charge in [-0.3, -0.25) is 9.59 Å². The molecule has 1 aliphatic heterocycles. The maximum Gasteiger partial charge on any atom is 0.243 e. The Kier molecular flexibility index (Phi) is 5.85. The molecule has 32 heavy (non-hydrogen) atoms. The second kappa shape index (κ2) is 8.33. The van der Waals surface area contributed by atoms with Crippen molar-refractivity contribution in [1.29, 1.82) is 0 Å². The Morgan fingerprint density at radius 1 is 1.12 bits per heavy atom. The molecular weight excluding hydrogens is 426 g/mol. The number of benzene rings is 2. The zero-order valence-electron chi connectivity index (χ0n) is 18.9. The highest BCUT2D eigenvalue weighted by molar-refractivity contribution is 7.89. The molecule has 2 aromatic carbocycles. The monoisotopic (exact) mass is 455 g/mol. The van der Waals surface area contributed by atoms with Crippen LogP contribution in [0.15, 0.2) is 41.3 Å². The topological polar surface area (TPSA) is 86.8 Å². The molecule has 7 nitrogen and oxygen atoms in total.